The number of rotatable bonds is 7. The molecule has 168 valence electrons. The maximum atomic E-state index is 12.8. The van der Waals surface area contributed by atoms with Crippen LogP contribution in [0.4, 0.5) is 17.1 Å². The minimum atomic E-state index is -0.499. The number of hydrogen-bond acceptors (Lipinski definition) is 6. The molecule has 1 heterocycles. The van der Waals surface area contributed by atoms with E-state index in [1.165, 1.54) is 6.07 Å². The van der Waals surface area contributed by atoms with E-state index in [2.05, 4.69) is 10.6 Å². The van der Waals surface area contributed by atoms with Crippen molar-refractivity contribution in [2.24, 2.45) is 5.92 Å². The number of nitro benzene ring substituents is 1. The van der Waals surface area contributed by atoms with Crippen LogP contribution in [0.25, 0.3) is 0 Å². The number of carbonyl (C=O) groups excluding carboxylic acids is 2. The monoisotopic (exact) mass is 438 g/mol. The van der Waals surface area contributed by atoms with Gasteiger partial charge in [0.25, 0.3) is 17.5 Å². The number of likely N-dealkylation sites (tertiary alicyclic amines) is 1. The maximum Gasteiger partial charge on any atom is 0.293 e. The number of nitrogens with zero attached hydrogens (tertiary/aromatic N) is 2. The third-order valence-corrected chi connectivity index (χ3v) is 5.92. The molecule has 0 spiro atoms. The summed E-state index contributed by atoms with van der Waals surface area (Å²) in [5.41, 5.74) is 1.33. The SMILES string of the molecule is O=C(Nc1cccc(C(=O)N2CCC(CO)CC2)c1)c1ccc(NC2CC2)c([N+](=O)[O-])c1. The van der Waals surface area contributed by atoms with Crippen molar-refractivity contribution in [2.45, 2.75) is 31.7 Å². The quantitative estimate of drug-likeness (QED) is 0.450. The molecule has 1 aliphatic heterocycles. The molecule has 2 fully saturated rings. The Hall–Kier alpha value is -3.46. The highest BCUT2D eigenvalue weighted by atomic mass is 16.6. The second-order valence-electron chi connectivity index (χ2n) is 8.36. The standard InChI is InChI=1S/C23H26N4O5/c28-14-15-8-10-26(11-9-15)23(30)17-2-1-3-19(12-17)25-22(29)16-4-7-20(24-18-5-6-18)21(13-16)27(31)32/h1-4,7,12-13,15,18,24,28H,5-6,8-11,14H2,(H,25,29). The zero-order valence-corrected chi connectivity index (χ0v) is 17.6. The van der Waals surface area contributed by atoms with Gasteiger partial charge < -0.3 is 20.6 Å². The molecular formula is C23H26N4O5. The number of aliphatic hydroxyl groups is 1. The number of nitrogens with one attached hydrogen (secondary N) is 2. The summed E-state index contributed by atoms with van der Waals surface area (Å²) >= 11 is 0. The molecule has 2 aromatic rings. The smallest absolute Gasteiger partial charge is 0.293 e. The lowest BCUT2D eigenvalue weighted by molar-refractivity contribution is -0.384. The molecule has 4 rings (SSSR count). The first-order valence-electron chi connectivity index (χ1n) is 10.8. The van der Waals surface area contributed by atoms with Gasteiger partial charge >= 0.3 is 0 Å². The predicted octanol–water partition coefficient (Wildman–Crippen LogP) is 3.27. The first kappa shape index (κ1) is 21.8. The van der Waals surface area contributed by atoms with Crippen LogP contribution in [0.2, 0.25) is 0 Å². The van der Waals surface area contributed by atoms with Crippen molar-refractivity contribution in [2.75, 3.05) is 30.3 Å². The lowest BCUT2D eigenvalue weighted by Gasteiger charge is -2.31. The number of anilines is 2. The second-order valence-corrected chi connectivity index (χ2v) is 8.36. The van der Waals surface area contributed by atoms with E-state index >= 15 is 0 Å². The summed E-state index contributed by atoms with van der Waals surface area (Å²) in [4.78, 5) is 38.2. The minimum absolute atomic E-state index is 0.122. The van der Waals surface area contributed by atoms with Crippen molar-refractivity contribution in [3.05, 3.63) is 63.7 Å². The topological polar surface area (TPSA) is 125 Å². The minimum Gasteiger partial charge on any atom is -0.396 e. The number of amides is 2. The van der Waals surface area contributed by atoms with Crippen molar-refractivity contribution in [3.63, 3.8) is 0 Å². The van der Waals surface area contributed by atoms with Crippen LogP contribution in [-0.2, 0) is 0 Å². The predicted molar refractivity (Wildman–Crippen MR) is 120 cm³/mol. The molecule has 2 aliphatic rings. The van der Waals surface area contributed by atoms with E-state index in [0.29, 0.717) is 30.0 Å². The van der Waals surface area contributed by atoms with Gasteiger partial charge in [-0.05, 0) is 61.9 Å². The van der Waals surface area contributed by atoms with Gasteiger partial charge in [0.05, 0.1) is 4.92 Å². The first-order chi connectivity index (χ1) is 15.4. The van der Waals surface area contributed by atoms with E-state index in [9.17, 15) is 24.8 Å². The lowest BCUT2D eigenvalue weighted by Crippen LogP contribution is -2.39. The van der Waals surface area contributed by atoms with Crippen LogP contribution in [0.1, 0.15) is 46.4 Å². The molecule has 2 amide bonds. The number of hydrogen-bond donors (Lipinski definition) is 3. The van der Waals surface area contributed by atoms with E-state index in [1.54, 1.807) is 41.3 Å². The van der Waals surface area contributed by atoms with Gasteiger partial charge in [-0.15, -0.1) is 0 Å². The molecule has 9 nitrogen and oxygen atoms in total. The van der Waals surface area contributed by atoms with Gasteiger partial charge in [0.2, 0.25) is 0 Å². The Balaban J connectivity index is 1.45. The van der Waals surface area contributed by atoms with Crippen LogP contribution in [-0.4, -0.2) is 52.5 Å². The molecule has 32 heavy (non-hydrogen) atoms. The van der Waals surface area contributed by atoms with Gasteiger partial charge in [-0.1, -0.05) is 6.07 Å². The fourth-order valence-electron chi connectivity index (χ4n) is 3.83. The summed E-state index contributed by atoms with van der Waals surface area (Å²) in [6.45, 7) is 1.32. The Morgan fingerprint density at radius 1 is 1.06 bits per heavy atom. The highest BCUT2D eigenvalue weighted by Crippen LogP contribution is 2.31. The fourth-order valence-corrected chi connectivity index (χ4v) is 3.83. The molecule has 1 saturated heterocycles. The third kappa shape index (κ3) is 5.05. The number of benzene rings is 2. The van der Waals surface area contributed by atoms with Crippen molar-refractivity contribution in [3.8, 4) is 0 Å². The van der Waals surface area contributed by atoms with E-state index in [-0.39, 0.29) is 35.7 Å². The zero-order valence-electron chi connectivity index (χ0n) is 17.6. The summed E-state index contributed by atoms with van der Waals surface area (Å²) in [5.74, 6) is -0.373. The molecule has 0 radical (unpaired) electrons. The Labute approximate surface area is 185 Å². The molecule has 0 atom stereocenters. The normalized spacial score (nSPS) is 16.5. The number of nitro groups is 1. The Morgan fingerprint density at radius 3 is 2.47 bits per heavy atom. The van der Waals surface area contributed by atoms with Crippen LogP contribution in [0.3, 0.4) is 0 Å². The molecule has 3 N–H and O–H groups in total. The van der Waals surface area contributed by atoms with E-state index in [4.69, 9.17) is 0 Å². The highest BCUT2D eigenvalue weighted by Gasteiger charge is 2.26. The zero-order chi connectivity index (χ0) is 22.7. The average molecular weight is 438 g/mol. The van der Waals surface area contributed by atoms with Gasteiger partial charge in [-0.3, -0.25) is 19.7 Å². The summed E-state index contributed by atoms with van der Waals surface area (Å²) < 4.78 is 0. The summed E-state index contributed by atoms with van der Waals surface area (Å²) in [6.07, 6.45) is 3.49. The van der Waals surface area contributed by atoms with Crippen LogP contribution in [0.5, 0.6) is 0 Å². The molecule has 9 heteroatoms. The van der Waals surface area contributed by atoms with Crippen molar-refractivity contribution in [1.29, 1.82) is 0 Å². The Morgan fingerprint density at radius 2 is 1.81 bits per heavy atom. The highest BCUT2D eigenvalue weighted by molar-refractivity contribution is 6.06. The van der Waals surface area contributed by atoms with E-state index in [0.717, 1.165) is 25.7 Å². The van der Waals surface area contributed by atoms with E-state index < -0.39 is 10.8 Å². The van der Waals surface area contributed by atoms with E-state index in [1.807, 2.05) is 0 Å². The summed E-state index contributed by atoms with van der Waals surface area (Å²) in [6, 6.07) is 11.3. The van der Waals surface area contributed by atoms with Crippen LogP contribution >= 0.6 is 0 Å². The molecular weight excluding hydrogens is 412 g/mol. The molecule has 0 unspecified atom stereocenters. The van der Waals surface area contributed by atoms with Crippen LogP contribution in [0.15, 0.2) is 42.5 Å². The van der Waals surface area contributed by atoms with Gasteiger partial charge in [0.1, 0.15) is 5.69 Å². The largest absolute Gasteiger partial charge is 0.396 e. The molecule has 0 aromatic heterocycles. The number of aliphatic hydroxyl groups excluding tert-OH is 1. The van der Waals surface area contributed by atoms with Gasteiger partial charge in [-0.25, -0.2) is 0 Å². The molecule has 1 aliphatic carbocycles. The summed E-state index contributed by atoms with van der Waals surface area (Å²) in [5, 5.41) is 26.5. The average Bonchev–Trinajstić information content (AvgIpc) is 3.63. The number of piperidine rings is 1. The van der Waals surface area contributed by atoms with Crippen LogP contribution < -0.4 is 10.6 Å². The van der Waals surface area contributed by atoms with Crippen molar-refractivity contribution >= 4 is 28.9 Å². The Bertz CT molecular complexity index is 1030. The first-order valence-corrected chi connectivity index (χ1v) is 10.8. The van der Waals surface area contributed by atoms with Crippen molar-refractivity contribution in [1.82, 2.24) is 4.90 Å². The second kappa shape index (κ2) is 9.35. The van der Waals surface area contributed by atoms with Crippen LogP contribution in [0, 0.1) is 16.0 Å². The van der Waals surface area contributed by atoms with Gasteiger partial charge in [-0.2, -0.15) is 0 Å². The maximum absolute atomic E-state index is 12.8. The molecule has 2 aromatic carbocycles. The lowest BCUT2D eigenvalue weighted by atomic mass is 9.97. The molecule has 0 bridgehead atoms. The van der Waals surface area contributed by atoms with Gasteiger partial charge in [0.15, 0.2) is 0 Å². The summed E-state index contributed by atoms with van der Waals surface area (Å²) in [7, 11) is 0. The number of carbonyl (C=O) groups is 2. The molecule has 1 saturated carbocycles. The van der Waals surface area contributed by atoms with Gasteiger partial charge in [0, 0.05) is 48.6 Å². The van der Waals surface area contributed by atoms with Crippen molar-refractivity contribution < 1.29 is 19.6 Å². The Kier molecular flexibility index (Phi) is 6.36. The third-order valence-electron chi connectivity index (χ3n) is 5.92. The fraction of sp³-hybridized carbons (Fsp3) is 0.391.